The molecule has 0 aliphatic heterocycles. The van der Waals surface area contributed by atoms with E-state index in [1.54, 1.807) is 0 Å². The monoisotopic (exact) mass is 391 g/mol. The first kappa shape index (κ1) is 15.7. The highest BCUT2D eigenvalue weighted by Gasteiger charge is 2.19. The number of hydrogen-bond donors (Lipinski definition) is 2. The van der Waals surface area contributed by atoms with Gasteiger partial charge in [0.15, 0.2) is 5.82 Å². The molecule has 2 rings (SSSR count). The van der Waals surface area contributed by atoms with Crippen molar-refractivity contribution in [3.8, 4) is 0 Å². The van der Waals surface area contributed by atoms with E-state index in [2.05, 4.69) is 30.6 Å². The molecule has 0 amide bonds. The first-order valence-electron chi connectivity index (χ1n) is 5.33. The normalized spacial score (nSPS) is 11.1. The Hall–Kier alpha value is -1.71. The van der Waals surface area contributed by atoms with Crippen LogP contribution in [0.1, 0.15) is 10.4 Å². The zero-order valence-electron chi connectivity index (χ0n) is 10.1. The average Bonchev–Trinajstić information content (AvgIpc) is 2.41. The van der Waals surface area contributed by atoms with Crippen LogP contribution in [0, 0.1) is 0 Å². The molecule has 0 aliphatic rings. The summed E-state index contributed by atoms with van der Waals surface area (Å²) < 4.78 is 26.9. The molecular weight excluding hydrogens is 386 g/mol. The van der Waals surface area contributed by atoms with Crippen molar-refractivity contribution < 1.29 is 18.3 Å². The Balaban J connectivity index is 2.38. The second-order valence-electron chi connectivity index (χ2n) is 3.78. The maximum atomic E-state index is 12.1. The van der Waals surface area contributed by atoms with E-state index in [0.717, 1.165) is 6.07 Å². The number of nitrogens with zero attached hydrogens (tertiary/aromatic N) is 2. The van der Waals surface area contributed by atoms with Gasteiger partial charge in [-0.05, 0) is 34.1 Å². The van der Waals surface area contributed by atoms with Crippen LogP contribution in [-0.2, 0) is 10.0 Å². The van der Waals surface area contributed by atoms with Gasteiger partial charge in [-0.25, -0.2) is 23.2 Å². The summed E-state index contributed by atoms with van der Waals surface area (Å²) in [4.78, 5) is 18.4. The number of carboxylic acid groups (broad SMARTS) is 1. The number of rotatable bonds is 4. The molecule has 110 valence electrons. The third-order valence-electron chi connectivity index (χ3n) is 2.34. The molecule has 0 fully saturated rings. The predicted octanol–water partition coefficient (Wildman–Crippen LogP) is 2.39. The quantitative estimate of drug-likeness (QED) is 0.827. The predicted molar refractivity (Wildman–Crippen MR) is 79.0 cm³/mol. The van der Waals surface area contributed by atoms with E-state index in [1.807, 2.05) is 0 Å². The van der Waals surface area contributed by atoms with Crippen molar-refractivity contribution >= 4 is 49.3 Å². The Bertz CT molecular complexity index is 796. The van der Waals surface area contributed by atoms with Crippen molar-refractivity contribution in [2.24, 2.45) is 0 Å². The van der Waals surface area contributed by atoms with Gasteiger partial charge in [-0.3, -0.25) is 4.72 Å². The molecule has 1 heterocycles. The van der Waals surface area contributed by atoms with Crippen LogP contribution < -0.4 is 4.72 Å². The lowest BCUT2D eigenvalue weighted by Gasteiger charge is -2.08. The number of benzene rings is 1. The minimum atomic E-state index is -3.99. The SMILES string of the molecule is O=C(O)c1cc(S(=O)(=O)Nc2cnc(Br)cn2)ccc1Cl. The maximum Gasteiger partial charge on any atom is 0.337 e. The zero-order chi connectivity index (χ0) is 15.6. The average molecular weight is 393 g/mol. The Morgan fingerprint density at radius 3 is 2.57 bits per heavy atom. The Morgan fingerprint density at radius 2 is 2.00 bits per heavy atom. The number of hydrogen-bond acceptors (Lipinski definition) is 5. The maximum absolute atomic E-state index is 12.1. The van der Waals surface area contributed by atoms with Gasteiger partial charge in [-0.15, -0.1) is 0 Å². The van der Waals surface area contributed by atoms with Crippen LogP contribution in [0.5, 0.6) is 0 Å². The fourth-order valence-electron chi connectivity index (χ4n) is 1.40. The smallest absolute Gasteiger partial charge is 0.337 e. The molecule has 0 unspecified atom stereocenters. The summed E-state index contributed by atoms with van der Waals surface area (Å²) in [5, 5.41) is 8.90. The van der Waals surface area contributed by atoms with E-state index in [4.69, 9.17) is 16.7 Å². The van der Waals surface area contributed by atoms with Gasteiger partial charge < -0.3 is 5.11 Å². The third-order valence-corrected chi connectivity index (χ3v) is 4.43. The molecule has 0 atom stereocenters. The van der Waals surface area contributed by atoms with Gasteiger partial charge in [0.2, 0.25) is 0 Å². The number of carboxylic acids is 1. The molecule has 0 aliphatic carbocycles. The van der Waals surface area contributed by atoms with Crippen LogP contribution in [0.3, 0.4) is 0 Å². The van der Waals surface area contributed by atoms with Crippen LogP contribution in [0.4, 0.5) is 5.82 Å². The lowest BCUT2D eigenvalue weighted by molar-refractivity contribution is 0.0697. The fourth-order valence-corrected chi connectivity index (χ4v) is 2.82. The molecule has 7 nitrogen and oxygen atoms in total. The summed E-state index contributed by atoms with van der Waals surface area (Å²) in [7, 11) is -3.99. The van der Waals surface area contributed by atoms with Crippen LogP contribution in [0.2, 0.25) is 5.02 Å². The lowest BCUT2D eigenvalue weighted by Crippen LogP contribution is -2.15. The number of anilines is 1. The minimum absolute atomic E-state index is 0.00465. The molecule has 1 aromatic heterocycles. The first-order chi connectivity index (χ1) is 9.79. The molecular formula is C11H7BrClN3O4S. The van der Waals surface area contributed by atoms with Crippen LogP contribution in [-0.4, -0.2) is 29.5 Å². The van der Waals surface area contributed by atoms with Crippen LogP contribution in [0.25, 0.3) is 0 Å². The van der Waals surface area contributed by atoms with Gasteiger partial charge in [0.25, 0.3) is 10.0 Å². The minimum Gasteiger partial charge on any atom is -0.478 e. The molecule has 0 saturated carbocycles. The van der Waals surface area contributed by atoms with E-state index in [-0.39, 0.29) is 21.3 Å². The van der Waals surface area contributed by atoms with Gasteiger partial charge in [0.05, 0.1) is 27.9 Å². The Morgan fingerprint density at radius 1 is 1.29 bits per heavy atom. The molecule has 2 N–H and O–H groups in total. The number of carbonyl (C=O) groups is 1. The van der Waals surface area contributed by atoms with Crippen LogP contribution in [0.15, 0.2) is 40.1 Å². The molecule has 0 spiro atoms. The van der Waals surface area contributed by atoms with Gasteiger partial charge in [-0.1, -0.05) is 11.6 Å². The largest absolute Gasteiger partial charge is 0.478 e. The third kappa shape index (κ3) is 3.69. The number of nitrogens with one attached hydrogen (secondary N) is 1. The summed E-state index contributed by atoms with van der Waals surface area (Å²) >= 11 is 8.77. The number of aromatic carboxylic acids is 1. The zero-order valence-corrected chi connectivity index (χ0v) is 13.3. The highest BCUT2D eigenvalue weighted by atomic mass is 79.9. The van der Waals surface area contributed by atoms with Crippen molar-refractivity contribution in [1.29, 1.82) is 0 Å². The highest BCUT2D eigenvalue weighted by Crippen LogP contribution is 2.22. The molecule has 10 heteroatoms. The highest BCUT2D eigenvalue weighted by molar-refractivity contribution is 9.10. The molecule has 2 aromatic rings. The molecule has 0 radical (unpaired) electrons. The fraction of sp³-hybridized carbons (Fsp3) is 0. The van der Waals surface area contributed by atoms with Crippen LogP contribution >= 0.6 is 27.5 Å². The van der Waals surface area contributed by atoms with Gasteiger partial charge >= 0.3 is 5.97 Å². The van der Waals surface area contributed by atoms with E-state index in [1.165, 1.54) is 24.5 Å². The first-order valence-corrected chi connectivity index (χ1v) is 7.98. The molecule has 0 saturated heterocycles. The molecule has 0 bridgehead atoms. The summed E-state index contributed by atoms with van der Waals surface area (Å²) in [5.74, 6) is -1.31. The summed E-state index contributed by atoms with van der Waals surface area (Å²) in [6, 6.07) is 3.37. The standard InChI is InChI=1S/C11H7BrClN3O4S/c12-9-4-15-10(5-14-9)16-21(19,20)6-1-2-8(13)7(3-6)11(17)18/h1-5H,(H,15,16)(H,17,18). The topological polar surface area (TPSA) is 109 Å². The number of sulfonamides is 1. The molecule has 1 aromatic carbocycles. The van der Waals surface area contributed by atoms with Crippen molar-refractivity contribution in [3.05, 3.63) is 45.8 Å². The van der Waals surface area contributed by atoms with E-state index in [9.17, 15) is 13.2 Å². The van der Waals surface area contributed by atoms with Crippen molar-refractivity contribution in [2.75, 3.05) is 4.72 Å². The van der Waals surface area contributed by atoms with Gasteiger partial charge in [0.1, 0.15) is 4.60 Å². The summed E-state index contributed by atoms with van der Waals surface area (Å²) in [5.41, 5.74) is -0.304. The van der Waals surface area contributed by atoms with Gasteiger partial charge in [0, 0.05) is 0 Å². The van der Waals surface area contributed by atoms with Crippen molar-refractivity contribution in [1.82, 2.24) is 9.97 Å². The molecule has 21 heavy (non-hydrogen) atoms. The van der Waals surface area contributed by atoms with E-state index < -0.39 is 16.0 Å². The van der Waals surface area contributed by atoms with E-state index in [0.29, 0.717) is 4.60 Å². The summed E-state index contributed by atoms with van der Waals surface area (Å²) in [6.45, 7) is 0. The lowest BCUT2D eigenvalue weighted by atomic mass is 10.2. The Kier molecular flexibility index (Phi) is 4.45. The number of aromatic nitrogens is 2. The number of halogens is 2. The second kappa shape index (κ2) is 5.96. The second-order valence-corrected chi connectivity index (χ2v) is 6.68. The van der Waals surface area contributed by atoms with Crippen molar-refractivity contribution in [2.45, 2.75) is 4.90 Å². The van der Waals surface area contributed by atoms with Crippen molar-refractivity contribution in [3.63, 3.8) is 0 Å². The van der Waals surface area contributed by atoms with E-state index >= 15 is 0 Å². The summed E-state index contributed by atoms with van der Waals surface area (Å²) in [6.07, 6.45) is 2.54. The Labute approximate surface area is 133 Å². The van der Waals surface area contributed by atoms with Gasteiger partial charge in [-0.2, -0.15) is 0 Å².